The summed E-state index contributed by atoms with van der Waals surface area (Å²) in [5.74, 6) is 0.358. The van der Waals surface area contributed by atoms with E-state index >= 15 is 0 Å². The van der Waals surface area contributed by atoms with Gasteiger partial charge in [0.25, 0.3) is 5.91 Å². The molecule has 2 heterocycles. The Morgan fingerprint density at radius 2 is 1.79 bits per heavy atom. The molecule has 1 amide bonds. The van der Waals surface area contributed by atoms with Crippen LogP contribution in [-0.2, 0) is 0 Å². The molecule has 0 spiro atoms. The Balaban J connectivity index is 1.81. The lowest BCUT2D eigenvalue weighted by atomic mass is 9.98. The first-order valence-electron chi connectivity index (χ1n) is 11.6. The fraction of sp³-hybridized carbons (Fsp3) is 0.385. The summed E-state index contributed by atoms with van der Waals surface area (Å²) in [5, 5.41) is 1.19. The normalized spacial score (nSPS) is 15.4. The smallest absolute Gasteiger partial charge is 0.290 e. The molecule has 1 aromatic heterocycles. The van der Waals surface area contributed by atoms with E-state index in [1.54, 1.807) is 41.3 Å². The van der Waals surface area contributed by atoms with Gasteiger partial charge >= 0.3 is 0 Å². The molecule has 2 aromatic carbocycles. The molecule has 1 aliphatic heterocycles. The van der Waals surface area contributed by atoms with Crippen LogP contribution in [0.4, 0.5) is 0 Å². The molecule has 0 N–H and O–H groups in total. The minimum absolute atomic E-state index is 0.0741. The lowest BCUT2D eigenvalue weighted by molar-refractivity contribution is 0.0720. The van der Waals surface area contributed by atoms with Crippen LogP contribution in [0.2, 0.25) is 10.0 Å². The van der Waals surface area contributed by atoms with Gasteiger partial charge in [-0.1, -0.05) is 43.1 Å². The second kappa shape index (κ2) is 10.4. The summed E-state index contributed by atoms with van der Waals surface area (Å²) in [6.07, 6.45) is 0.765. The Morgan fingerprint density at radius 1 is 1.03 bits per heavy atom. The zero-order valence-corrected chi connectivity index (χ0v) is 21.1. The maximum Gasteiger partial charge on any atom is 0.290 e. The molecule has 1 unspecified atom stereocenters. The number of carbonyl (C=O) groups is 1. The van der Waals surface area contributed by atoms with Gasteiger partial charge in [-0.15, -0.1) is 0 Å². The number of hydrogen-bond acceptors (Lipinski definition) is 5. The molecule has 1 aliphatic rings. The van der Waals surface area contributed by atoms with Crippen molar-refractivity contribution in [2.24, 2.45) is 0 Å². The number of benzene rings is 2. The van der Waals surface area contributed by atoms with Gasteiger partial charge < -0.3 is 19.0 Å². The van der Waals surface area contributed by atoms with Gasteiger partial charge in [-0.3, -0.25) is 9.59 Å². The molecule has 3 aromatic rings. The van der Waals surface area contributed by atoms with E-state index in [1.165, 1.54) is 0 Å². The van der Waals surface area contributed by atoms with Crippen LogP contribution >= 0.6 is 23.2 Å². The van der Waals surface area contributed by atoms with Gasteiger partial charge in [0.2, 0.25) is 5.76 Å². The standard InChI is InChI=1S/C26H28Cl2N2O4/c1-4-29(5-2)12-7-13-30-23(16-8-11-19(27)20(28)14-16)22-24(31)18-10-9-17(33-6-3)15-21(18)34-25(22)26(30)32/h8-11,14-15,23H,4-7,12-13H2,1-3H3. The zero-order chi connectivity index (χ0) is 24.4. The van der Waals surface area contributed by atoms with Crippen LogP contribution in [0.25, 0.3) is 11.0 Å². The molecule has 0 saturated carbocycles. The fourth-order valence-corrected chi connectivity index (χ4v) is 4.83. The topological polar surface area (TPSA) is 63.0 Å². The van der Waals surface area contributed by atoms with Gasteiger partial charge in [-0.2, -0.15) is 0 Å². The van der Waals surface area contributed by atoms with E-state index in [-0.39, 0.29) is 17.1 Å². The minimum Gasteiger partial charge on any atom is -0.494 e. The lowest BCUT2D eigenvalue weighted by Gasteiger charge is -2.27. The third-order valence-electron chi connectivity index (χ3n) is 6.28. The molecule has 0 saturated heterocycles. The predicted molar refractivity (Wildman–Crippen MR) is 135 cm³/mol. The van der Waals surface area contributed by atoms with Crippen molar-refractivity contribution in [2.45, 2.75) is 33.2 Å². The van der Waals surface area contributed by atoms with Crippen LogP contribution in [0.1, 0.15) is 54.9 Å². The van der Waals surface area contributed by atoms with Crippen LogP contribution in [0.3, 0.4) is 0 Å². The zero-order valence-electron chi connectivity index (χ0n) is 19.6. The van der Waals surface area contributed by atoms with E-state index in [1.807, 2.05) is 6.92 Å². The molecular formula is C26H28Cl2N2O4. The van der Waals surface area contributed by atoms with Crippen LogP contribution in [0.5, 0.6) is 5.75 Å². The molecule has 0 fully saturated rings. The van der Waals surface area contributed by atoms with Gasteiger partial charge in [-0.05, 0) is 62.8 Å². The molecule has 180 valence electrons. The highest BCUT2D eigenvalue weighted by molar-refractivity contribution is 6.42. The summed E-state index contributed by atoms with van der Waals surface area (Å²) < 4.78 is 11.6. The number of amides is 1. The van der Waals surface area contributed by atoms with E-state index in [0.717, 1.165) is 31.6 Å². The largest absolute Gasteiger partial charge is 0.494 e. The maximum absolute atomic E-state index is 13.6. The Hall–Kier alpha value is -2.54. The van der Waals surface area contributed by atoms with Gasteiger partial charge in [0.1, 0.15) is 11.3 Å². The SMILES string of the molecule is CCOc1ccc2c(=O)c3c(oc2c1)C(=O)N(CCCN(CC)CC)C3c1ccc(Cl)c(Cl)c1. The van der Waals surface area contributed by atoms with Gasteiger partial charge in [0.15, 0.2) is 5.43 Å². The van der Waals surface area contributed by atoms with Gasteiger partial charge in [-0.25, -0.2) is 0 Å². The highest BCUT2D eigenvalue weighted by Crippen LogP contribution is 2.40. The Labute approximate surface area is 209 Å². The van der Waals surface area contributed by atoms with E-state index in [0.29, 0.717) is 45.5 Å². The Kier molecular flexibility index (Phi) is 7.51. The lowest BCUT2D eigenvalue weighted by Crippen LogP contribution is -2.33. The number of halogens is 2. The molecule has 0 radical (unpaired) electrons. The number of fused-ring (bicyclic) bond motifs is 2. The fourth-order valence-electron chi connectivity index (χ4n) is 4.52. The first-order chi connectivity index (χ1) is 16.4. The van der Waals surface area contributed by atoms with Crippen molar-refractivity contribution in [3.8, 4) is 5.75 Å². The van der Waals surface area contributed by atoms with Crippen LogP contribution in [0, 0.1) is 0 Å². The Morgan fingerprint density at radius 3 is 2.47 bits per heavy atom. The van der Waals surface area contributed by atoms with E-state index in [4.69, 9.17) is 32.4 Å². The molecule has 8 heteroatoms. The summed E-state index contributed by atoms with van der Waals surface area (Å²) >= 11 is 12.5. The number of carbonyl (C=O) groups excluding carboxylic acids is 1. The number of rotatable bonds is 9. The van der Waals surface area contributed by atoms with Crippen molar-refractivity contribution in [1.82, 2.24) is 9.80 Å². The number of nitrogens with zero attached hydrogens (tertiary/aromatic N) is 2. The summed E-state index contributed by atoms with van der Waals surface area (Å²) in [4.78, 5) is 31.2. The maximum atomic E-state index is 13.6. The monoisotopic (exact) mass is 502 g/mol. The predicted octanol–water partition coefficient (Wildman–Crippen LogP) is 5.78. The number of ether oxygens (including phenoxy) is 1. The molecule has 0 bridgehead atoms. The summed E-state index contributed by atoms with van der Waals surface area (Å²) in [6.45, 7) is 9.80. The third-order valence-corrected chi connectivity index (χ3v) is 7.02. The molecule has 0 aliphatic carbocycles. The van der Waals surface area contributed by atoms with Crippen molar-refractivity contribution < 1.29 is 13.9 Å². The molecule has 6 nitrogen and oxygen atoms in total. The second-order valence-corrected chi connectivity index (χ2v) is 9.03. The van der Waals surface area contributed by atoms with Crippen molar-refractivity contribution >= 4 is 40.1 Å². The summed E-state index contributed by atoms with van der Waals surface area (Å²) in [6, 6.07) is 9.70. The molecule has 1 atom stereocenters. The van der Waals surface area contributed by atoms with Gasteiger partial charge in [0, 0.05) is 12.6 Å². The van der Waals surface area contributed by atoms with Crippen molar-refractivity contribution in [1.29, 1.82) is 0 Å². The highest BCUT2D eigenvalue weighted by Gasteiger charge is 2.42. The van der Waals surface area contributed by atoms with Crippen LogP contribution < -0.4 is 10.2 Å². The summed E-state index contributed by atoms with van der Waals surface area (Å²) in [7, 11) is 0. The molecule has 34 heavy (non-hydrogen) atoms. The highest BCUT2D eigenvalue weighted by atomic mass is 35.5. The van der Waals surface area contributed by atoms with Crippen molar-refractivity contribution in [3.63, 3.8) is 0 Å². The second-order valence-electron chi connectivity index (χ2n) is 8.22. The van der Waals surface area contributed by atoms with Crippen LogP contribution in [-0.4, -0.2) is 48.5 Å². The van der Waals surface area contributed by atoms with Crippen molar-refractivity contribution in [3.05, 3.63) is 73.6 Å². The first kappa shape index (κ1) is 24.6. The van der Waals surface area contributed by atoms with Gasteiger partial charge in [0.05, 0.1) is 33.6 Å². The first-order valence-corrected chi connectivity index (χ1v) is 12.4. The minimum atomic E-state index is -0.596. The molecule has 4 rings (SSSR count). The molecular weight excluding hydrogens is 475 g/mol. The van der Waals surface area contributed by atoms with Crippen molar-refractivity contribution in [2.75, 3.05) is 32.8 Å². The number of hydrogen-bond donors (Lipinski definition) is 0. The third kappa shape index (κ3) is 4.54. The summed E-state index contributed by atoms with van der Waals surface area (Å²) in [5.41, 5.74) is 1.17. The average molecular weight is 503 g/mol. The average Bonchev–Trinajstić information content (AvgIpc) is 3.10. The van der Waals surface area contributed by atoms with Crippen LogP contribution in [0.15, 0.2) is 45.6 Å². The van der Waals surface area contributed by atoms with E-state index in [9.17, 15) is 9.59 Å². The quantitative estimate of drug-likeness (QED) is 0.371. The van der Waals surface area contributed by atoms with E-state index < -0.39 is 6.04 Å². The Bertz CT molecular complexity index is 1270. The van der Waals surface area contributed by atoms with E-state index in [2.05, 4.69) is 18.7 Å².